The normalized spacial score (nSPS) is 10.7. The van der Waals surface area contributed by atoms with Crippen molar-refractivity contribution < 1.29 is 0 Å². The third kappa shape index (κ3) is 0.973. The van der Waals surface area contributed by atoms with E-state index in [0.717, 1.165) is 5.56 Å². The quantitative estimate of drug-likeness (QED) is 0.598. The fourth-order valence-corrected chi connectivity index (χ4v) is 1.12. The Morgan fingerprint density at radius 1 is 1.36 bits per heavy atom. The second-order valence-electron chi connectivity index (χ2n) is 2.38. The smallest absolute Gasteiger partial charge is 0.234 e. The Kier molecular flexibility index (Phi) is 1.32. The molecule has 11 heavy (non-hydrogen) atoms. The minimum atomic E-state index is 0.594. The van der Waals surface area contributed by atoms with Gasteiger partial charge in [0.2, 0.25) is 5.78 Å². The van der Waals surface area contributed by atoms with Gasteiger partial charge >= 0.3 is 0 Å². The largest absolute Gasteiger partial charge is 0.274 e. The Balaban J connectivity index is 2.87. The molecule has 0 amide bonds. The van der Waals surface area contributed by atoms with E-state index < -0.39 is 0 Å². The van der Waals surface area contributed by atoms with Gasteiger partial charge in [0, 0.05) is 12.4 Å². The molecule has 2 heterocycles. The number of imidazole rings is 1. The minimum Gasteiger partial charge on any atom is -0.274 e. The number of aryl methyl sites for hydroxylation is 1. The van der Waals surface area contributed by atoms with Crippen LogP contribution in [0.3, 0.4) is 0 Å². The fraction of sp³-hybridized carbons (Fsp3) is 0.143. The Labute approximate surface area is 68.7 Å². The van der Waals surface area contributed by atoms with Gasteiger partial charge in [-0.05, 0) is 12.5 Å². The molecular formula is C7H6ClN3. The molecule has 0 saturated heterocycles. The lowest BCUT2D eigenvalue weighted by molar-refractivity contribution is 1.08. The first-order valence-corrected chi connectivity index (χ1v) is 3.60. The van der Waals surface area contributed by atoms with Crippen LogP contribution in [0.25, 0.3) is 5.78 Å². The van der Waals surface area contributed by atoms with Crippen LogP contribution in [0.4, 0.5) is 0 Å². The molecule has 0 aliphatic heterocycles. The number of halogens is 1. The predicted octanol–water partition coefficient (Wildman–Crippen LogP) is 1.69. The number of hydrogen-bond donors (Lipinski definition) is 0. The summed E-state index contributed by atoms with van der Waals surface area (Å²) in [6.45, 7) is 1.96. The summed E-state index contributed by atoms with van der Waals surface area (Å²) < 4.78 is 1.75. The van der Waals surface area contributed by atoms with Gasteiger partial charge < -0.3 is 0 Å². The molecule has 2 aromatic heterocycles. The molecule has 3 nitrogen and oxygen atoms in total. The lowest BCUT2D eigenvalue weighted by atomic mass is 10.4. The van der Waals surface area contributed by atoms with Crippen molar-refractivity contribution in [1.29, 1.82) is 0 Å². The van der Waals surface area contributed by atoms with E-state index in [4.69, 9.17) is 11.6 Å². The molecule has 0 radical (unpaired) electrons. The predicted molar refractivity (Wildman–Crippen MR) is 42.7 cm³/mol. The first-order chi connectivity index (χ1) is 5.27. The van der Waals surface area contributed by atoms with Crippen LogP contribution in [0.1, 0.15) is 5.56 Å². The molecule has 0 unspecified atom stereocenters. The zero-order valence-corrected chi connectivity index (χ0v) is 6.71. The van der Waals surface area contributed by atoms with E-state index in [1.807, 2.05) is 13.1 Å². The van der Waals surface area contributed by atoms with Crippen LogP contribution in [0.5, 0.6) is 0 Å². The maximum Gasteiger partial charge on any atom is 0.234 e. The number of hydrogen-bond acceptors (Lipinski definition) is 2. The topological polar surface area (TPSA) is 30.2 Å². The molecule has 0 aliphatic rings. The van der Waals surface area contributed by atoms with Gasteiger partial charge in [-0.1, -0.05) is 11.6 Å². The van der Waals surface area contributed by atoms with Crippen molar-refractivity contribution in [3.8, 4) is 0 Å². The van der Waals surface area contributed by atoms with Gasteiger partial charge in [0.05, 0.1) is 6.20 Å². The summed E-state index contributed by atoms with van der Waals surface area (Å²) in [5.74, 6) is 0.639. The summed E-state index contributed by atoms with van der Waals surface area (Å²) in [4.78, 5) is 8.05. The number of nitrogens with zero attached hydrogens (tertiary/aromatic N) is 3. The van der Waals surface area contributed by atoms with Crippen molar-refractivity contribution in [2.75, 3.05) is 0 Å². The Hall–Kier alpha value is -1.09. The number of rotatable bonds is 0. The average Bonchev–Trinajstić information content (AvgIpc) is 2.33. The van der Waals surface area contributed by atoms with Crippen molar-refractivity contribution in [1.82, 2.24) is 14.4 Å². The maximum atomic E-state index is 5.81. The molecule has 0 N–H and O–H groups in total. The van der Waals surface area contributed by atoms with Gasteiger partial charge in [0.25, 0.3) is 0 Å². The van der Waals surface area contributed by atoms with Gasteiger partial charge in [-0.25, -0.2) is 9.97 Å². The highest BCUT2D eigenvalue weighted by atomic mass is 35.5. The summed E-state index contributed by atoms with van der Waals surface area (Å²) >= 11 is 5.81. The van der Waals surface area contributed by atoms with Gasteiger partial charge in [-0.15, -0.1) is 0 Å². The van der Waals surface area contributed by atoms with E-state index in [1.165, 1.54) is 0 Å². The summed E-state index contributed by atoms with van der Waals surface area (Å²) in [6, 6.07) is 0. The lowest BCUT2D eigenvalue weighted by Gasteiger charge is -1.94. The zero-order valence-electron chi connectivity index (χ0n) is 5.95. The first kappa shape index (κ1) is 6.61. The maximum absolute atomic E-state index is 5.81. The molecule has 0 saturated carbocycles. The number of fused-ring (bicyclic) bond motifs is 1. The van der Waals surface area contributed by atoms with Crippen molar-refractivity contribution in [3.05, 3.63) is 29.3 Å². The van der Waals surface area contributed by atoms with E-state index in [0.29, 0.717) is 10.9 Å². The Morgan fingerprint density at radius 3 is 2.91 bits per heavy atom. The van der Waals surface area contributed by atoms with Crippen LogP contribution in [-0.2, 0) is 0 Å². The van der Waals surface area contributed by atoms with E-state index >= 15 is 0 Å². The Bertz CT molecular complexity index is 393. The summed E-state index contributed by atoms with van der Waals surface area (Å²) in [7, 11) is 0. The van der Waals surface area contributed by atoms with Crippen LogP contribution in [-0.4, -0.2) is 14.4 Å². The highest BCUT2D eigenvalue weighted by Gasteiger charge is 1.99. The number of aromatic nitrogens is 3. The van der Waals surface area contributed by atoms with Gasteiger partial charge in [0.15, 0.2) is 0 Å². The standard InChI is InChI=1S/C7H6ClN3/c1-5-2-9-7-10-3-6(8)11(7)4-5/h2-4H,1H3. The summed E-state index contributed by atoms with van der Waals surface area (Å²) in [5, 5.41) is 0.594. The van der Waals surface area contributed by atoms with Crippen LogP contribution in [0, 0.1) is 6.92 Å². The molecule has 0 aromatic carbocycles. The molecule has 2 rings (SSSR count). The van der Waals surface area contributed by atoms with E-state index in [-0.39, 0.29) is 0 Å². The van der Waals surface area contributed by atoms with Crippen molar-refractivity contribution in [2.24, 2.45) is 0 Å². The third-order valence-corrected chi connectivity index (χ3v) is 1.73. The molecule has 56 valence electrons. The molecular weight excluding hydrogens is 162 g/mol. The molecule has 0 spiro atoms. The monoisotopic (exact) mass is 167 g/mol. The van der Waals surface area contributed by atoms with E-state index in [1.54, 1.807) is 16.8 Å². The van der Waals surface area contributed by atoms with Gasteiger partial charge in [-0.2, -0.15) is 0 Å². The van der Waals surface area contributed by atoms with Gasteiger partial charge in [-0.3, -0.25) is 4.40 Å². The molecule has 0 fully saturated rings. The molecule has 0 bridgehead atoms. The first-order valence-electron chi connectivity index (χ1n) is 3.22. The molecule has 2 aromatic rings. The fourth-order valence-electron chi connectivity index (χ4n) is 0.942. The SMILES string of the molecule is Cc1cnc2ncc(Cl)n2c1. The van der Waals surface area contributed by atoms with Crippen molar-refractivity contribution in [3.63, 3.8) is 0 Å². The Morgan fingerprint density at radius 2 is 2.09 bits per heavy atom. The lowest BCUT2D eigenvalue weighted by Crippen LogP contribution is -1.88. The van der Waals surface area contributed by atoms with Crippen LogP contribution in [0.15, 0.2) is 18.6 Å². The summed E-state index contributed by atoms with van der Waals surface area (Å²) in [6.07, 6.45) is 5.25. The van der Waals surface area contributed by atoms with Crippen LogP contribution in [0.2, 0.25) is 5.15 Å². The average molecular weight is 168 g/mol. The third-order valence-electron chi connectivity index (χ3n) is 1.45. The van der Waals surface area contributed by atoms with Crippen molar-refractivity contribution >= 4 is 17.4 Å². The summed E-state index contributed by atoms with van der Waals surface area (Å²) in [5.41, 5.74) is 1.07. The van der Waals surface area contributed by atoms with E-state index in [2.05, 4.69) is 9.97 Å². The highest BCUT2D eigenvalue weighted by molar-refractivity contribution is 6.29. The second-order valence-corrected chi connectivity index (χ2v) is 2.77. The van der Waals surface area contributed by atoms with Crippen LogP contribution < -0.4 is 0 Å². The van der Waals surface area contributed by atoms with Crippen LogP contribution >= 0.6 is 11.6 Å². The minimum absolute atomic E-state index is 0.594. The molecule has 4 heteroatoms. The van der Waals surface area contributed by atoms with E-state index in [9.17, 15) is 0 Å². The highest BCUT2D eigenvalue weighted by Crippen LogP contribution is 2.10. The van der Waals surface area contributed by atoms with Gasteiger partial charge in [0.1, 0.15) is 5.15 Å². The molecule has 0 aliphatic carbocycles. The van der Waals surface area contributed by atoms with Crippen molar-refractivity contribution in [2.45, 2.75) is 6.92 Å². The molecule has 0 atom stereocenters. The zero-order chi connectivity index (χ0) is 7.84. The second kappa shape index (κ2) is 2.20.